The number of aliphatic carboxylic acids is 8. The van der Waals surface area contributed by atoms with Crippen LogP contribution in [-0.4, -0.2) is 101 Å². The van der Waals surface area contributed by atoms with Crippen molar-refractivity contribution in [1.82, 2.24) is 21.3 Å². The Morgan fingerprint density at radius 1 is 0.516 bits per heavy atom. The molecular formula is C42H52N4O16. The van der Waals surface area contributed by atoms with Crippen molar-refractivity contribution in [3.05, 3.63) is 69.6 Å². The summed E-state index contributed by atoms with van der Waals surface area (Å²) in [5.74, 6) is -13.1. The van der Waals surface area contributed by atoms with Crippen LogP contribution in [0.15, 0.2) is 69.6 Å². The van der Waals surface area contributed by atoms with Crippen LogP contribution < -0.4 is 21.3 Å². The number of carbonyl (C=O) groups is 8. The van der Waals surface area contributed by atoms with E-state index in [0.717, 1.165) is 0 Å². The Bertz CT molecular complexity index is 2130. The van der Waals surface area contributed by atoms with Gasteiger partial charge in [-0.2, -0.15) is 0 Å². The first kappa shape index (κ1) is 46.5. The molecule has 0 saturated carbocycles. The Morgan fingerprint density at radius 2 is 1.06 bits per heavy atom. The van der Waals surface area contributed by atoms with Crippen molar-refractivity contribution in [2.24, 2.45) is 34.5 Å². The molecule has 0 aromatic rings. The van der Waals surface area contributed by atoms with Gasteiger partial charge in [-0.15, -0.1) is 0 Å². The molecule has 2 fully saturated rings. The highest BCUT2D eigenvalue weighted by molar-refractivity contribution is 5.74. The summed E-state index contributed by atoms with van der Waals surface area (Å²) in [7, 11) is 0. The van der Waals surface area contributed by atoms with E-state index in [0.29, 0.717) is 11.4 Å². The second kappa shape index (κ2) is 18.6. The van der Waals surface area contributed by atoms with Crippen molar-refractivity contribution in [2.75, 3.05) is 0 Å². The van der Waals surface area contributed by atoms with Gasteiger partial charge in [0.2, 0.25) is 0 Å². The van der Waals surface area contributed by atoms with Gasteiger partial charge in [-0.3, -0.25) is 38.4 Å². The Balaban J connectivity index is 1.89. The molecular weight excluding hydrogens is 816 g/mol. The minimum atomic E-state index is -1.37. The Morgan fingerprint density at radius 3 is 1.65 bits per heavy atom. The molecule has 5 heterocycles. The van der Waals surface area contributed by atoms with Gasteiger partial charge in [0.1, 0.15) is 0 Å². The average molecular weight is 869 g/mol. The van der Waals surface area contributed by atoms with Gasteiger partial charge in [0.05, 0.1) is 31.7 Å². The average Bonchev–Trinajstić information content (AvgIpc) is 3.77. The molecule has 8 atom stereocenters. The van der Waals surface area contributed by atoms with E-state index in [1.807, 2.05) is 0 Å². The minimum absolute atomic E-state index is 0.0751. The zero-order valence-electron chi connectivity index (χ0n) is 34.1. The molecule has 0 aromatic heterocycles. The molecule has 2 saturated heterocycles. The molecule has 20 heteroatoms. The number of carboxylic acid groups (broad SMARTS) is 8. The quantitative estimate of drug-likeness (QED) is 0.0836. The lowest BCUT2D eigenvalue weighted by molar-refractivity contribution is -0.141. The van der Waals surface area contributed by atoms with Crippen LogP contribution in [0, 0.1) is 34.5 Å². The third-order valence-electron chi connectivity index (χ3n) is 12.8. The molecule has 336 valence electrons. The fraction of sp³-hybridized carbons (Fsp3) is 0.524. The minimum Gasteiger partial charge on any atom is -0.481 e. The lowest BCUT2D eigenvalue weighted by Gasteiger charge is -2.33. The highest BCUT2D eigenvalue weighted by atomic mass is 16.4. The molecule has 12 N–H and O–H groups in total. The molecule has 0 spiro atoms. The summed E-state index contributed by atoms with van der Waals surface area (Å²) >= 11 is 0. The van der Waals surface area contributed by atoms with Gasteiger partial charge in [0.15, 0.2) is 0 Å². The fourth-order valence-corrected chi connectivity index (χ4v) is 10.0. The topological polar surface area (TPSA) is 347 Å². The van der Waals surface area contributed by atoms with Crippen LogP contribution >= 0.6 is 0 Å². The first-order chi connectivity index (χ1) is 29.0. The van der Waals surface area contributed by atoms with Crippen molar-refractivity contribution in [3.8, 4) is 0 Å². The summed E-state index contributed by atoms with van der Waals surface area (Å²) in [6.07, 6.45) is 2.18. The van der Waals surface area contributed by atoms with E-state index in [-0.39, 0.29) is 59.6 Å². The van der Waals surface area contributed by atoms with Crippen LogP contribution in [0.2, 0.25) is 0 Å². The molecule has 62 heavy (non-hydrogen) atoms. The molecule has 0 amide bonds. The summed E-state index contributed by atoms with van der Waals surface area (Å²) in [6, 6.07) is -1.77. The molecule has 2 unspecified atom stereocenters. The first-order valence-electron chi connectivity index (χ1n) is 20.2. The van der Waals surface area contributed by atoms with Crippen LogP contribution in [0.4, 0.5) is 0 Å². The van der Waals surface area contributed by atoms with Crippen molar-refractivity contribution in [3.63, 3.8) is 0 Å². The normalized spacial score (nSPS) is 32.0. The van der Waals surface area contributed by atoms with E-state index in [1.54, 1.807) is 32.1 Å². The SMILES string of the molecule is C[C@@]1(CC(=O)O)/C2=C/C3N/C(=C\C4=C(CC(=O)O)[C@@H](CCC(=O)O)/C(=C/C5NC(=C(CC(=O)O)[C@H]5CCC(=O)O)/C=C(\N2)[C@H]1CCC(=O)O)N4)[C@@](C)(CC(=O)O)[C@@H]3CCC(=O)O. The maximum atomic E-state index is 12.6. The third-order valence-corrected chi connectivity index (χ3v) is 12.8. The van der Waals surface area contributed by atoms with E-state index in [1.165, 1.54) is 6.08 Å². The number of hydrogen-bond acceptors (Lipinski definition) is 12. The molecule has 8 bridgehead atoms. The van der Waals surface area contributed by atoms with Crippen molar-refractivity contribution < 1.29 is 79.2 Å². The van der Waals surface area contributed by atoms with Gasteiger partial charge >= 0.3 is 47.8 Å². The Labute approximate surface area is 354 Å². The van der Waals surface area contributed by atoms with E-state index in [2.05, 4.69) is 21.3 Å². The second-order valence-corrected chi connectivity index (χ2v) is 17.0. The molecule has 0 aromatic carbocycles. The van der Waals surface area contributed by atoms with Crippen molar-refractivity contribution in [1.29, 1.82) is 0 Å². The smallest absolute Gasteiger partial charge is 0.307 e. The summed E-state index contributed by atoms with van der Waals surface area (Å²) in [5, 5.41) is 93.1. The number of carboxylic acids is 8. The Hall–Kier alpha value is -6.60. The summed E-state index contributed by atoms with van der Waals surface area (Å²) in [4.78, 5) is 98.1. The van der Waals surface area contributed by atoms with Crippen LogP contribution in [0.1, 0.15) is 90.9 Å². The van der Waals surface area contributed by atoms with E-state index in [9.17, 15) is 79.2 Å². The van der Waals surface area contributed by atoms with Crippen LogP contribution in [0.5, 0.6) is 0 Å². The number of allylic oxidation sites excluding steroid dienone is 6. The monoisotopic (exact) mass is 868 g/mol. The zero-order valence-corrected chi connectivity index (χ0v) is 34.1. The van der Waals surface area contributed by atoms with Crippen molar-refractivity contribution >= 4 is 47.8 Å². The predicted octanol–water partition coefficient (Wildman–Crippen LogP) is 3.03. The van der Waals surface area contributed by atoms with Crippen LogP contribution in [0.25, 0.3) is 0 Å². The number of fused-ring (bicyclic) bond motifs is 8. The lowest BCUT2D eigenvalue weighted by Crippen LogP contribution is -2.34. The summed E-state index contributed by atoms with van der Waals surface area (Å²) in [6.45, 7) is 3.24. The van der Waals surface area contributed by atoms with Crippen LogP contribution in [0.3, 0.4) is 0 Å². The third kappa shape index (κ3) is 10.3. The first-order valence-corrected chi connectivity index (χ1v) is 20.2. The van der Waals surface area contributed by atoms with E-state index >= 15 is 0 Å². The van der Waals surface area contributed by atoms with Gasteiger partial charge < -0.3 is 62.1 Å². The van der Waals surface area contributed by atoms with E-state index in [4.69, 9.17) is 0 Å². The highest BCUT2D eigenvalue weighted by Crippen LogP contribution is 2.53. The molecule has 5 aliphatic rings. The largest absolute Gasteiger partial charge is 0.481 e. The van der Waals surface area contributed by atoms with Crippen LogP contribution in [-0.2, 0) is 38.4 Å². The molecule has 0 aliphatic carbocycles. The van der Waals surface area contributed by atoms with Crippen molar-refractivity contribution in [2.45, 2.75) is 103 Å². The summed E-state index contributed by atoms with van der Waals surface area (Å²) < 4.78 is 0. The van der Waals surface area contributed by atoms with Gasteiger partial charge in [-0.05, 0) is 67.1 Å². The second-order valence-electron chi connectivity index (χ2n) is 17.0. The molecule has 5 rings (SSSR count). The molecule has 5 aliphatic heterocycles. The van der Waals surface area contributed by atoms with Gasteiger partial charge in [-0.25, -0.2) is 0 Å². The molecule has 20 nitrogen and oxygen atoms in total. The van der Waals surface area contributed by atoms with Gasteiger partial charge in [0.25, 0.3) is 0 Å². The lowest BCUT2D eigenvalue weighted by atomic mass is 9.68. The Kier molecular flexibility index (Phi) is 13.9. The molecule has 0 radical (unpaired) electrons. The van der Waals surface area contributed by atoms with Gasteiger partial charge in [-0.1, -0.05) is 13.8 Å². The zero-order chi connectivity index (χ0) is 45.8. The fourth-order valence-electron chi connectivity index (χ4n) is 10.0. The van der Waals surface area contributed by atoms with E-state index < -0.39 is 146 Å². The van der Waals surface area contributed by atoms with Gasteiger partial charge in [0, 0.05) is 94.5 Å². The number of rotatable bonds is 20. The maximum absolute atomic E-state index is 12.6. The number of nitrogens with one attached hydrogen (secondary N) is 4. The highest BCUT2D eigenvalue weighted by Gasteiger charge is 2.53. The maximum Gasteiger partial charge on any atom is 0.307 e. The summed E-state index contributed by atoms with van der Waals surface area (Å²) in [5.41, 5.74) is -0.656. The standard InChI is InChI=1S/C42H52N4O16/c1-41(17-39(59)60)23(5-9-35(51)52)29-14-27-21(11-37(55)56)19(3-7-33(47)48)25(43-27)13-26-20(4-8-34(49)50)22(12-38(57)58)28(44-26)15-31-42(2,18-40(61)62)24(6-10-36(53)54)30(46-31)16-32(41)45-29/h13-16,19-20,23-25,30,43-46H,3-12,17-18H2,1-2H3,(H,47,48)(H,49,50)(H,51,52)(H,53,54)(H,55,56)(H,57,58)(H,59,60)(H,61,62)/b26-13-,29-14-,31-15-,32-16-/t19-,20-,23-,24-,25?,30?,41+,42+/m1/s1. The predicted molar refractivity (Wildman–Crippen MR) is 213 cm³/mol. The number of hydrogen-bond donors (Lipinski definition) is 12.